The summed E-state index contributed by atoms with van der Waals surface area (Å²) in [5.41, 5.74) is 1.39. The Hall–Kier alpha value is -0.520. The van der Waals surface area contributed by atoms with Gasteiger partial charge in [0.15, 0.2) is 0 Å². The molecule has 0 aromatic carbocycles. The zero-order chi connectivity index (χ0) is 6.69. The van der Waals surface area contributed by atoms with Crippen LogP contribution in [0.5, 0.6) is 0 Å². The van der Waals surface area contributed by atoms with Gasteiger partial charge in [-0.3, -0.25) is 0 Å². The van der Waals surface area contributed by atoms with Gasteiger partial charge in [-0.2, -0.15) is 0 Å². The van der Waals surface area contributed by atoms with Gasteiger partial charge in [0.25, 0.3) is 0 Å². The SMILES string of the molecule is C=CC1CCCCC1=C. The molecule has 0 nitrogen and oxygen atoms in total. The maximum atomic E-state index is 4.00. The van der Waals surface area contributed by atoms with Crippen molar-refractivity contribution in [3.63, 3.8) is 0 Å². The third kappa shape index (κ3) is 1.44. The molecule has 0 heterocycles. The molecule has 1 atom stereocenters. The van der Waals surface area contributed by atoms with Crippen molar-refractivity contribution in [2.75, 3.05) is 0 Å². The van der Waals surface area contributed by atoms with Crippen molar-refractivity contribution in [2.45, 2.75) is 25.7 Å². The molecule has 50 valence electrons. The molecular weight excluding hydrogens is 108 g/mol. The highest BCUT2D eigenvalue weighted by Crippen LogP contribution is 2.28. The Labute approximate surface area is 57.3 Å². The van der Waals surface area contributed by atoms with Gasteiger partial charge in [-0.05, 0) is 25.2 Å². The van der Waals surface area contributed by atoms with Crippen LogP contribution < -0.4 is 0 Å². The molecule has 1 saturated carbocycles. The van der Waals surface area contributed by atoms with Gasteiger partial charge in [-0.1, -0.05) is 24.6 Å². The summed E-state index contributed by atoms with van der Waals surface area (Å²) in [5, 5.41) is 0. The first kappa shape index (κ1) is 6.60. The summed E-state index contributed by atoms with van der Waals surface area (Å²) in [6.45, 7) is 7.77. The van der Waals surface area contributed by atoms with Gasteiger partial charge >= 0.3 is 0 Å². The highest BCUT2D eigenvalue weighted by atomic mass is 14.2. The Morgan fingerprint density at radius 2 is 2.22 bits per heavy atom. The number of hydrogen-bond donors (Lipinski definition) is 0. The maximum Gasteiger partial charge on any atom is -0.00287 e. The van der Waals surface area contributed by atoms with Crippen molar-refractivity contribution in [3.8, 4) is 0 Å². The maximum absolute atomic E-state index is 4.00. The van der Waals surface area contributed by atoms with Crippen LogP contribution in [0.1, 0.15) is 25.7 Å². The van der Waals surface area contributed by atoms with Gasteiger partial charge in [0.05, 0.1) is 0 Å². The van der Waals surface area contributed by atoms with Crippen molar-refractivity contribution in [1.29, 1.82) is 0 Å². The van der Waals surface area contributed by atoms with E-state index < -0.39 is 0 Å². The molecule has 0 bridgehead atoms. The fraction of sp³-hybridized carbons (Fsp3) is 0.556. The van der Waals surface area contributed by atoms with Crippen LogP contribution in [0.2, 0.25) is 0 Å². The molecule has 0 aliphatic heterocycles. The predicted molar refractivity (Wildman–Crippen MR) is 41.3 cm³/mol. The van der Waals surface area contributed by atoms with E-state index in [1.54, 1.807) is 0 Å². The summed E-state index contributed by atoms with van der Waals surface area (Å²) in [4.78, 5) is 0. The average molecular weight is 122 g/mol. The van der Waals surface area contributed by atoms with E-state index in [-0.39, 0.29) is 0 Å². The van der Waals surface area contributed by atoms with E-state index in [1.165, 1.54) is 31.3 Å². The van der Waals surface area contributed by atoms with Crippen molar-refractivity contribution in [1.82, 2.24) is 0 Å². The van der Waals surface area contributed by atoms with Gasteiger partial charge in [0.2, 0.25) is 0 Å². The van der Waals surface area contributed by atoms with E-state index in [9.17, 15) is 0 Å². The van der Waals surface area contributed by atoms with Crippen LogP contribution >= 0.6 is 0 Å². The lowest BCUT2D eigenvalue weighted by molar-refractivity contribution is 0.522. The molecule has 1 rings (SSSR count). The summed E-state index contributed by atoms with van der Waals surface area (Å²) in [6, 6.07) is 0. The monoisotopic (exact) mass is 122 g/mol. The van der Waals surface area contributed by atoms with Crippen LogP contribution in [0.25, 0.3) is 0 Å². The van der Waals surface area contributed by atoms with Crippen molar-refractivity contribution in [2.24, 2.45) is 5.92 Å². The van der Waals surface area contributed by atoms with E-state index in [0.29, 0.717) is 5.92 Å². The quantitative estimate of drug-likeness (QED) is 0.469. The minimum absolute atomic E-state index is 0.624. The molecule has 9 heavy (non-hydrogen) atoms. The lowest BCUT2D eigenvalue weighted by atomic mass is 9.85. The molecule has 0 spiro atoms. The molecule has 0 aromatic rings. The Kier molecular flexibility index (Phi) is 2.10. The Balaban J connectivity index is 2.48. The van der Waals surface area contributed by atoms with Gasteiger partial charge in [0.1, 0.15) is 0 Å². The molecule has 1 aliphatic carbocycles. The minimum Gasteiger partial charge on any atom is -0.102 e. The number of hydrogen-bond acceptors (Lipinski definition) is 0. The fourth-order valence-electron chi connectivity index (χ4n) is 1.39. The second-order valence-electron chi connectivity index (χ2n) is 2.75. The topological polar surface area (TPSA) is 0 Å². The average Bonchev–Trinajstić information content (AvgIpc) is 1.89. The van der Waals surface area contributed by atoms with Crippen molar-refractivity contribution >= 4 is 0 Å². The third-order valence-electron chi connectivity index (χ3n) is 2.07. The smallest absolute Gasteiger partial charge is 0.00287 e. The Morgan fingerprint density at radius 3 is 2.67 bits per heavy atom. The summed E-state index contributed by atoms with van der Waals surface area (Å²) in [6.07, 6.45) is 7.22. The molecule has 0 radical (unpaired) electrons. The van der Waals surface area contributed by atoms with Crippen molar-refractivity contribution < 1.29 is 0 Å². The van der Waals surface area contributed by atoms with Crippen molar-refractivity contribution in [3.05, 3.63) is 24.8 Å². The lowest BCUT2D eigenvalue weighted by Crippen LogP contribution is -2.05. The normalized spacial score (nSPS) is 28.0. The summed E-state index contributed by atoms with van der Waals surface area (Å²) >= 11 is 0. The van der Waals surface area contributed by atoms with Crippen LogP contribution in [0.3, 0.4) is 0 Å². The van der Waals surface area contributed by atoms with E-state index >= 15 is 0 Å². The first-order valence-electron chi connectivity index (χ1n) is 3.65. The van der Waals surface area contributed by atoms with E-state index in [2.05, 4.69) is 13.2 Å². The van der Waals surface area contributed by atoms with Crippen LogP contribution in [0.15, 0.2) is 24.8 Å². The second kappa shape index (κ2) is 2.86. The summed E-state index contributed by atoms with van der Waals surface area (Å²) < 4.78 is 0. The Bertz CT molecular complexity index is 122. The second-order valence-corrected chi connectivity index (χ2v) is 2.75. The van der Waals surface area contributed by atoms with Gasteiger partial charge < -0.3 is 0 Å². The summed E-state index contributed by atoms with van der Waals surface area (Å²) in [7, 11) is 0. The molecule has 1 unspecified atom stereocenters. The molecule has 0 aromatic heterocycles. The van der Waals surface area contributed by atoms with E-state index in [0.717, 1.165) is 0 Å². The largest absolute Gasteiger partial charge is 0.102 e. The van der Waals surface area contributed by atoms with Gasteiger partial charge in [-0.15, -0.1) is 6.58 Å². The Morgan fingerprint density at radius 1 is 1.44 bits per heavy atom. The van der Waals surface area contributed by atoms with Crippen LogP contribution in [0.4, 0.5) is 0 Å². The molecule has 0 saturated heterocycles. The third-order valence-corrected chi connectivity index (χ3v) is 2.07. The van der Waals surface area contributed by atoms with Crippen LogP contribution in [-0.4, -0.2) is 0 Å². The zero-order valence-corrected chi connectivity index (χ0v) is 5.90. The molecule has 0 N–H and O–H groups in total. The number of allylic oxidation sites excluding steroid dienone is 2. The van der Waals surface area contributed by atoms with Crippen LogP contribution in [-0.2, 0) is 0 Å². The molecule has 1 aliphatic rings. The summed E-state index contributed by atoms with van der Waals surface area (Å²) in [5.74, 6) is 0.624. The minimum atomic E-state index is 0.624. The number of rotatable bonds is 1. The standard InChI is InChI=1S/C9H14/c1-3-9-7-5-4-6-8(9)2/h3,9H,1-2,4-7H2. The van der Waals surface area contributed by atoms with Crippen LogP contribution in [0, 0.1) is 5.92 Å². The van der Waals surface area contributed by atoms with Gasteiger partial charge in [-0.25, -0.2) is 0 Å². The highest BCUT2D eigenvalue weighted by molar-refractivity contribution is 5.09. The molecule has 0 heteroatoms. The highest BCUT2D eigenvalue weighted by Gasteiger charge is 2.12. The zero-order valence-electron chi connectivity index (χ0n) is 5.90. The molecule has 1 fully saturated rings. The van der Waals surface area contributed by atoms with Gasteiger partial charge in [0, 0.05) is 0 Å². The predicted octanol–water partition coefficient (Wildman–Crippen LogP) is 2.92. The lowest BCUT2D eigenvalue weighted by Gasteiger charge is -2.20. The van der Waals surface area contributed by atoms with E-state index in [1.807, 2.05) is 6.08 Å². The first-order valence-corrected chi connectivity index (χ1v) is 3.65. The fourth-order valence-corrected chi connectivity index (χ4v) is 1.39. The first-order chi connectivity index (χ1) is 4.34. The molecule has 0 amide bonds. The van der Waals surface area contributed by atoms with E-state index in [4.69, 9.17) is 0 Å². The molecular formula is C9H14.